The summed E-state index contributed by atoms with van der Waals surface area (Å²) in [5.74, 6) is 0. The maximum atomic E-state index is 9.36. The van der Waals surface area contributed by atoms with Crippen LogP contribution in [0.15, 0.2) is 0 Å². The van der Waals surface area contributed by atoms with Crippen molar-refractivity contribution >= 4 is 0 Å². The minimum absolute atomic E-state index is 0.00694. The third-order valence-electron chi connectivity index (χ3n) is 2.57. The first-order valence-corrected chi connectivity index (χ1v) is 3.80. The molecule has 9 heavy (non-hydrogen) atoms. The number of aliphatic hydroxyl groups is 1. The number of aliphatic hydroxyl groups excluding tert-OH is 1. The molecule has 2 heteroatoms. The van der Waals surface area contributed by atoms with Crippen molar-refractivity contribution < 1.29 is 5.11 Å². The van der Waals surface area contributed by atoms with E-state index in [0.717, 1.165) is 13.0 Å². The summed E-state index contributed by atoms with van der Waals surface area (Å²) in [6, 6.07) is 0.532. The number of nitrogens with zero attached hydrogens (tertiary/aromatic N) is 1. The first-order chi connectivity index (χ1) is 4.38. The van der Waals surface area contributed by atoms with Crippen LogP contribution in [0.4, 0.5) is 0 Å². The lowest BCUT2D eigenvalue weighted by Gasteiger charge is -2.15. The van der Waals surface area contributed by atoms with Gasteiger partial charge in [0.05, 0.1) is 6.10 Å². The fourth-order valence-electron chi connectivity index (χ4n) is 2.06. The zero-order valence-electron chi connectivity index (χ0n) is 5.58. The van der Waals surface area contributed by atoms with Crippen LogP contribution in [0.2, 0.25) is 0 Å². The summed E-state index contributed by atoms with van der Waals surface area (Å²) in [6.07, 6.45) is 3.51. The van der Waals surface area contributed by atoms with Gasteiger partial charge in [-0.05, 0) is 25.8 Å². The minimum Gasteiger partial charge on any atom is -0.391 e. The van der Waals surface area contributed by atoms with Crippen LogP contribution >= 0.6 is 0 Å². The summed E-state index contributed by atoms with van der Waals surface area (Å²) in [6.45, 7) is 2.35. The molecule has 2 aliphatic rings. The van der Waals surface area contributed by atoms with Gasteiger partial charge < -0.3 is 5.11 Å². The molecule has 0 aromatic heterocycles. The van der Waals surface area contributed by atoms with Gasteiger partial charge in [-0.2, -0.15) is 0 Å². The molecule has 0 spiro atoms. The Morgan fingerprint density at radius 3 is 2.89 bits per heavy atom. The van der Waals surface area contributed by atoms with Crippen LogP contribution in [0.25, 0.3) is 0 Å². The second-order valence-corrected chi connectivity index (χ2v) is 3.10. The molecule has 2 heterocycles. The number of rotatable bonds is 0. The molecule has 2 saturated heterocycles. The molecule has 1 N–H and O–H groups in total. The fourth-order valence-corrected chi connectivity index (χ4v) is 2.06. The molecule has 0 aliphatic carbocycles. The quantitative estimate of drug-likeness (QED) is 0.503. The predicted molar refractivity (Wildman–Crippen MR) is 35.2 cm³/mol. The highest BCUT2D eigenvalue weighted by molar-refractivity contribution is 4.90. The maximum absolute atomic E-state index is 9.36. The lowest BCUT2D eigenvalue weighted by Crippen LogP contribution is -2.28. The lowest BCUT2D eigenvalue weighted by molar-refractivity contribution is 0.136. The van der Waals surface area contributed by atoms with E-state index in [1.807, 2.05) is 0 Å². The Kier molecular flexibility index (Phi) is 1.24. The van der Waals surface area contributed by atoms with E-state index in [9.17, 15) is 5.11 Å². The molecule has 0 aromatic carbocycles. The van der Waals surface area contributed by atoms with E-state index in [0.29, 0.717) is 6.04 Å². The van der Waals surface area contributed by atoms with Crippen LogP contribution in [0.5, 0.6) is 0 Å². The SMILES string of the molecule is O[C@@H]1CCN2CCCC12. The van der Waals surface area contributed by atoms with Crippen molar-refractivity contribution in [3.63, 3.8) is 0 Å². The Bertz CT molecular complexity index is 115. The van der Waals surface area contributed by atoms with Gasteiger partial charge >= 0.3 is 0 Å². The van der Waals surface area contributed by atoms with Gasteiger partial charge in [-0.25, -0.2) is 0 Å². The van der Waals surface area contributed by atoms with Crippen molar-refractivity contribution in [1.29, 1.82) is 0 Å². The molecule has 0 aromatic rings. The molecule has 0 saturated carbocycles. The van der Waals surface area contributed by atoms with Crippen LogP contribution in [0.1, 0.15) is 19.3 Å². The fraction of sp³-hybridized carbons (Fsp3) is 1.00. The third kappa shape index (κ3) is 0.775. The number of fused-ring (bicyclic) bond motifs is 1. The van der Waals surface area contributed by atoms with E-state index in [-0.39, 0.29) is 6.10 Å². The van der Waals surface area contributed by atoms with Gasteiger partial charge in [-0.1, -0.05) is 0 Å². The highest BCUT2D eigenvalue weighted by Crippen LogP contribution is 2.27. The Balaban J connectivity index is 2.07. The van der Waals surface area contributed by atoms with Crippen molar-refractivity contribution in [2.45, 2.75) is 31.4 Å². The van der Waals surface area contributed by atoms with Gasteiger partial charge in [-0.15, -0.1) is 0 Å². The summed E-state index contributed by atoms with van der Waals surface area (Å²) in [5.41, 5.74) is 0. The summed E-state index contributed by atoms with van der Waals surface area (Å²) in [5, 5.41) is 9.36. The first kappa shape index (κ1) is 5.69. The molecule has 2 nitrogen and oxygen atoms in total. The zero-order chi connectivity index (χ0) is 6.27. The van der Waals surface area contributed by atoms with E-state index in [4.69, 9.17) is 0 Å². The molecule has 52 valence electrons. The smallest absolute Gasteiger partial charge is 0.0707 e. The van der Waals surface area contributed by atoms with Crippen molar-refractivity contribution in [3.8, 4) is 0 Å². The Morgan fingerprint density at radius 2 is 2.11 bits per heavy atom. The highest BCUT2D eigenvalue weighted by atomic mass is 16.3. The Labute approximate surface area is 55.5 Å². The van der Waals surface area contributed by atoms with Crippen molar-refractivity contribution in [1.82, 2.24) is 4.90 Å². The molecule has 2 fully saturated rings. The van der Waals surface area contributed by atoms with Gasteiger partial charge in [0.15, 0.2) is 0 Å². The first-order valence-electron chi connectivity index (χ1n) is 3.80. The molecule has 2 atom stereocenters. The van der Waals surface area contributed by atoms with E-state index >= 15 is 0 Å². The van der Waals surface area contributed by atoms with Gasteiger partial charge in [-0.3, -0.25) is 4.90 Å². The van der Waals surface area contributed by atoms with E-state index < -0.39 is 0 Å². The molecular weight excluding hydrogens is 114 g/mol. The van der Waals surface area contributed by atoms with Gasteiger partial charge in [0, 0.05) is 12.6 Å². The summed E-state index contributed by atoms with van der Waals surface area (Å²) >= 11 is 0. The van der Waals surface area contributed by atoms with E-state index in [2.05, 4.69) is 4.90 Å². The van der Waals surface area contributed by atoms with Crippen LogP contribution in [-0.4, -0.2) is 35.2 Å². The largest absolute Gasteiger partial charge is 0.391 e. The molecular formula is C7H13NO. The molecule has 0 bridgehead atoms. The normalized spacial score (nSPS) is 43.7. The summed E-state index contributed by atoms with van der Waals surface area (Å²) in [7, 11) is 0. The molecule has 2 aliphatic heterocycles. The second-order valence-electron chi connectivity index (χ2n) is 3.10. The topological polar surface area (TPSA) is 23.5 Å². The molecule has 0 radical (unpaired) electrons. The van der Waals surface area contributed by atoms with Crippen molar-refractivity contribution in [2.75, 3.05) is 13.1 Å². The van der Waals surface area contributed by atoms with Crippen molar-refractivity contribution in [3.05, 3.63) is 0 Å². The zero-order valence-corrected chi connectivity index (χ0v) is 5.58. The monoisotopic (exact) mass is 127 g/mol. The van der Waals surface area contributed by atoms with Gasteiger partial charge in [0.25, 0.3) is 0 Å². The van der Waals surface area contributed by atoms with Crippen molar-refractivity contribution in [2.24, 2.45) is 0 Å². The molecule has 1 unspecified atom stereocenters. The average Bonchev–Trinajstić information content (AvgIpc) is 2.35. The minimum atomic E-state index is -0.00694. The van der Waals surface area contributed by atoms with Crippen LogP contribution in [0, 0.1) is 0 Å². The third-order valence-corrected chi connectivity index (χ3v) is 2.57. The van der Waals surface area contributed by atoms with E-state index in [1.165, 1.54) is 19.4 Å². The van der Waals surface area contributed by atoms with Gasteiger partial charge in [0.2, 0.25) is 0 Å². The van der Waals surface area contributed by atoms with Crippen LogP contribution < -0.4 is 0 Å². The standard InChI is InChI=1S/C7H13NO/c9-7-3-5-8-4-1-2-6(7)8/h6-7,9H,1-5H2/t6?,7-/m1/s1. The number of hydrogen-bond donors (Lipinski definition) is 1. The highest BCUT2D eigenvalue weighted by Gasteiger charge is 2.35. The predicted octanol–water partition coefficient (Wildman–Crippen LogP) is 0.215. The van der Waals surface area contributed by atoms with Crippen LogP contribution in [-0.2, 0) is 0 Å². The maximum Gasteiger partial charge on any atom is 0.0707 e. The average molecular weight is 127 g/mol. The van der Waals surface area contributed by atoms with Crippen LogP contribution in [0.3, 0.4) is 0 Å². The lowest BCUT2D eigenvalue weighted by atomic mass is 10.1. The Morgan fingerprint density at radius 1 is 1.22 bits per heavy atom. The second kappa shape index (κ2) is 1.96. The molecule has 2 rings (SSSR count). The van der Waals surface area contributed by atoms with E-state index in [1.54, 1.807) is 0 Å². The number of hydrogen-bond acceptors (Lipinski definition) is 2. The Hall–Kier alpha value is -0.0800. The summed E-state index contributed by atoms with van der Waals surface area (Å²) < 4.78 is 0. The molecule has 0 amide bonds. The summed E-state index contributed by atoms with van der Waals surface area (Å²) in [4.78, 5) is 2.41. The van der Waals surface area contributed by atoms with Gasteiger partial charge in [0.1, 0.15) is 0 Å².